The van der Waals surface area contributed by atoms with Gasteiger partial charge in [0.15, 0.2) is 0 Å². The third-order valence-electron chi connectivity index (χ3n) is 3.10. The van der Waals surface area contributed by atoms with Crippen LogP contribution in [-0.2, 0) is 11.3 Å². The molecule has 1 aliphatic carbocycles. The lowest BCUT2D eigenvalue weighted by atomic mass is 9.98. The number of benzene rings is 1. The van der Waals surface area contributed by atoms with Crippen molar-refractivity contribution in [3.8, 4) is 0 Å². The van der Waals surface area contributed by atoms with Crippen LogP contribution in [0.1, 0.15) is 37.7 Å². The van der Waals surface area contributed by atoms with Gasteiger partial charge in [0.05, 0.1) is 12.7 Å². The van der Waals surface area contributed by atoms with Crippen molar-refractivity contribution in [3.63, 3.8) is 0 Å². The second kappa shape index (κ2) is 5.55. The Bertz CT molecular complexity index is 348. The van der Waals surface area contributed by atoms with Crippen LogP contribution < -0.4 is 5.73 Å². The second-order valence-corrected chi connectivity index (χ2v) is 4.83. The summed E-state index contributed by atoms with van der Waals surface area (Å²) in [4.78, 5) is 0. The van der Waals surface area contributed by atoms with Gasteiger partial charge in [0.1, 0.15) is 0 Å². The van der Waals surface area contributed by atoms with Gasteiger partial charge < -0.3 is 10.5 Å². The van der Waals surface area contributed by atoms with Crippen LogP contribution in [0.25, 0.3) is 0 Å². The average molecular weight is 240 g/mol. The summed E-state index contributed by atoms with van der Waals surface area (Å²) in [5.74, 6) is 0. The van der Waals surface area contributed by atoms with Gasteiger partial charge in [-0.2, -0.15) is 0 Å². The largest absolute Gasteiger partial charge is 0.399 e. The molecule has 88 valence electrons. The molecule has 1 aromatic carbocycles. The smallest absolute Gasteiger partial charge is 0.0735 e. The molecule has 16 heavy (non-hydrogen) atoms. The Morgan fingerprint density at radius 3 is 2.69 bits per heavy atom. The van der Waals surface area contributed by atoms with E-state index < -0.39 is 0 Å². The zero-order valence-corrected chi connectivity index (χ0v) is 10.2. The normalized spacial score (nSPS) is 17.6. The maximum absolute atomic E-state index is 6.09. The van der Waals surface area contributed by atoms with Gasteiger partial charge in [0.2, 0.25) is 0 Å². The molecule has 0 spiro atoms. The molecule has 3 heteroatoms. The van der Waals surface area contributed by atoms with Crippen molar-refractivity contribution in [3.05, 3.63) is 28.8 Å². The van der Waals surface area contributed by atoms with Crippen molar-refractivity contribution >= 4 is 17.3 Å². The predicted octanol–water partition coefficient (Wildman–Crippen LogP) is 3.77. The molecule has 0 aromatic heterocycles. The van der Waals surface area contributed by atoms with Crippen LogP contribution in [0, 0.1) is 0 Å². The van der Waals surface area contributed by atoms with Crippen molar-refractivity contribution < 1.29 is 4.74 Å². The number of nitrogen functional groups attached to an aromatic ring is 1. The minimum absolute atomic E-state index is 0.419. The van der Waals surface area contributed by atoms with Gasteiger partial charge in [0.25, 0.3) is 0 Å². The van der Waals surface area contributed by atoms with Crippen LogP contribution in [0.15, 0.2) is 18.2 Å². The number of anilines is 1. The Morgan fingerprint density at radius 1 is 1.25 bits per heavy atom. The highest BCUT2D eigenvalue weighted by molar-refractivity contribution is 6.31. The molecule has 0 radical (unpaired) electrons. The fraction of sp³-hybridized carbons (Fsp3) is 0.538. The Labute approximate surface area is 102 Å². The molecule has 1 saturated carbocycles. The molecule has 0 heterocycles. The maximum Gasteiger partial charge on any atom is 0.0735 e. The zero-order valence-electron chi connectivity index (χ0n) is 9.42. The van der Waals surface area contributed by atoms with Crippen LogP contribution in [-0.4, -0.2) is 6.10 Å². The van der Waals surface area contributed by atoms with Crippen LogP contribution in [0.5, 0.6) is 0 Å². The van der Waals surface area contributed by atoms with Gasteiger partial charge in [-0.05, 0) is 30.5 Å². The van der Waals surface area contributed by atoms with Crippen molar-refractivity contribution in [2.75, 3.05) is 5.73 Å². The lowest BCUT2D eigenvalue weighted by molar-refractivity contribution is 0.0169. The standard InChI is InChI=1S/C13H18ClNO/c14-13-8-11(15)7-6-10(13)9-16-12-4-2-1-3-5-12/h6-8,12H,1-5,9,15H2. The second-order valence-electron chi connectivity index (χ2n) is 4.42. The molecular formula is C13H18ClNO. The minimum Gasteiger partial charge on any atom is -0.399 e. The summed E-state index contributed by atoms with van der Waals surface area (Å²) in [6, 6.07) is 5.59. The van der Waals surface area contributed by atoms with Gasteiger partial charge in [0, 0.05) is 10.7 Å². The highest BCUT2D eigenvalue weighted by Crippen LogP contribution is 2.24. The van der Waals surface area contributed by atoms with E-state index in [9.17, 15) is 0 Å². The third kappa shape index (κ3) is 3.13. The first-order valence-corrected chi connectivity index (χ1v) is 6.29. The molecule has 1 aliphatic rings. The molecule has 0 amide bonds. The first-order chi connectivity index (χ1) is 7.75. The van der Waals surface area contributed by atoms with Crippen LogP contribution in [0.4, 0.5) is 5.69 Å². The monoisotopic (exact) mass is 239 g/mol. The minimum atomic E-state index is 0.419. The quantitative estimate of drug-likeness (QED) is 0.815. The third-order valence-corrected chi connectivity index (χ3v) is 3.46. The summed E-state index contributed by atoms with van der Waals surface area (Å²) in [5, 5.41) is 0.704. The molecular weight excluding hydrogens is 222 g/mol. The van der Waals surface area contributed by atoms with Crippen molar-refractivity contribution in [2.24, 2.45) is 0 Å². The Hall–Kier alpha value is -0.730. The van der Waals surface area contributed by atoms with Crippen LogP contribution in [0.3, 0.4) is 0 Å². The zero-order chi connectivity index (χ0) is 11.4. The summed E-state index contributed by atoms with van der Waals surface area (Å²) in [6.45, 7) is 0.601. The lowest BCUT2D eigenvalue weighted by Crippen LogP contribution is -2.16. The SMILES string of the molecule is Nc1ccc(COC2CCCCC2)c(Cl)c1. The molecule has 2 rings (SSSR count). The fourth-order valence-corrected chi connectivity index (χ4v) is 2.36. The molecule has 0 bridgehead atoms. The summed E-state index contributed by atoms with van der Waals surface area (Å²) < 4.78 is 5.86. The van der Waals surface area contributed by atoms with E-state index in [1.54, 1.807) is 6.07 Å². The summed E-state index contributed by atoms with van der Waals surface area (Å²) in [7, 11) is 0. The van der Waals surface area contributed by atoms with Crippen molar-refractivity contribution in [1.82, 2.24) is 0 Å². The Kier molecular flexibility index (Phi) is 4.08. The number of hydrogen-bond acceptors (Lipinski definition) is 2. The van der Waals surface area contributed by atoms with E-state index >= 15 is 0 Å². The van der Waals surface area contributed by atoms with Crippen molar-refractivity contribution in [1.29, 1.82) is 0 Å². The summed E-state index contributed by atoms with van der Waals surface area (Å²) >= 11 is 6.09. The van der Waals surface area contributed by atoms with E-state index in [1.165, 1.54) is 32.1 Å². The van der Waals surface area contributed by atoms with E-state index in [2.05, 4.69) is 0 Å². The highest BCUT2D eigenvalue weighted by Gasteiger charge is 2.14. The average Bonchev–Trinajstić information content (AvgIpc) is 2.29. The van der Waals surface area contributed by atoms with Gasteiger partial charge in [-0.15, -0.1) is 0 Å². The molecule has 2 N–H and O–H groups in total. The fourth-order valence-electron chi connectivity index (χ4n) is 2.12. The first-order valence-electron chi connectivity index (χ1n) is 5.91. The van der Waals surface area contributed by atoms with E-state index in [0.717, 1.165) is 5.56 Å². The van der Waals surface area contributed by atoms with Gasteiger partial charge in [-0.25, -0.2) is 0 Å². The first kappa shape index (κ1) is 11.7. The van der Waals surface area contributed by atoms with Gasteiger partial charge in [-0.3, -0.25) is 0 Å². The number of nitrogens with two attached hydrogens (primary N) is 1. The van der Waals surface area contributed by atoms with Crippen LogP contribution >= 0.6 is 11.6 Å². The molecule has 1 fully saturated rings. The lowest BCUT2D eigenvalue weighted by Gasteiger charge is -2.22. The molecule has 2 nitrogen and oxygen atoms in total. The highest BCUT2D eigenvalue weighted by atomic mass is 35.5. The molecule has 0 atom stereocenters. The molecule has 0 unspecified atom stereocenters. The van der Waals surface area contributed by atoms with Gasteiger partial charge in [-0.1, -0.05) is 36.9 Å². The topological polar surface area (TPSA) is 35.2 Å². The van der Waals surface area contributed by atoms with E-state index in [-0.39, 0.29) is 0 Å². The Balaban J connectivity index is 1.88. The maximum atomic E-state index is 6.09. The number of rotatable bonds is 3. The molecule has 0 aliphatic heterocycles. The number of hydrogen-bond donors (Lipinski definition) is 1. The predicted molar refractivity (Wildman–Crippen MR) is 67.5 cm³/mol. The van der Waals surface area contributed by atoms with Gasteiger partial charge >= 0.3 is 0 Å². The van der Waals surface area contributed by atoms with Crippen molar-refractivity contribution in [2.45, 2.75) is 44.8 Å². The summed E-state index contributed by atoms with van der Waals surface area (Å²) in [5.41, 5.74) is 7.37. The Morgan fingerprint density at radius 2 is 2.00 bits per heavy atom. The van der Waals surface area contributed by atoms with E-state index in [1.807, 2.05) is 12.1 Å². The molecule has 1 aromatic rings. The molecule has 0 saturated heterocycles. The van der Waals surface area contributed by atoms with E-state index in [4.69, 9.17) is 22.1 Å². The number of ether oxygens (including phenoxy) is 1. The number of halogens is 1. The summed E-state index contributed by atoms with van der Waals surface area (Å²) in [6.07, 6.45) is 6.73. The van der Waals surface area contributed by atoms with E-state index in [0.29, 0.717) is 23.4 Å². The van der Waals surface area contributed by atoms with Crippen LogP contribution in [0.2, 0.25) is 5.02 Å².